The van der Waals surface area contributed by atoms with E-state index in [0.29, 0.717) is 19.3 Å². The first kappa shape index (κ1) is 16.3. The number of H-pyrrole nitrogens is 1. The van der Waals surface area contributed by atoms with E-state index < -0.39 is 0 Å². The minimum absolute atomic E-state index is 0.430. The summed E-state index contributed by atoms with van der Waals surface area (Å²) in [4.78, 5) is 5.85. The Kier molecular flexibility index (Phi) is 4.55. The molecular weight excluding hydrogens is 314 g/mol. The monoisotopic (exact) mass is 339 g/mol. The molecule has 0 aliphatic carbocycles. The van der Waals surface area contributed by atoms with E-state index in [2.05, 4.69) is 55.8 Å². The Balaban J connectivity index is 1.53. The standard InChI is InChI=1S/C19H25N5O/c1-3-25-13-19-22-21-18-11-14(2)23(9-10-24(18)19)12-15-5-4-6-17-16(15)7-8-20-17/h4-8,14,20H,3,9-13H2,1-2H3/t14-/m1/s1. The highest BCUT2D eigenvalue weighted by molar-refractivity contribution is 5.82. The number of ether oxygens (including phenoxy) is 1. The van der Waals surface area contributed by atoms with Crippen LogP contribution in [0.3, 0.4) is 0 Å². The van der Waals surface area contributed by atoms with E-state index in [0.717, 1.165) is 37.7 Å². The Bertz CT molecular complexity index is 852. The number of fused-ring (bicyclic) bond motifs is 2. The fraction of sp³-hybridized carbons (Fsp3) is 0.474. The average molecular weight is 339 g/mol. The molecule has 6 nitrogen and oxygen atoms in total. The fourth-order valence-electron chi connectivity index (χ4n) is 3.67. The highest BCUT2D eigenvalue weighted by Crippen LogP contribution is 2.22. The smallest absolute Gasteiger partial charge is 0.159 e. The van der Waals surface area contributed by atoms with Crippen molar-refractivity contribution in [2.75, 3.05) is 13.2 Å². The van der Waals surface area contributed by atoms with Gasteiger partial charge in [0.25, 0.3) is 0 Å². The van der Waals surface area contributed by atoms with Crippen molar-refractivity contribution in [2.24, 2.45) is 0 Å². The second kappa shape index (κ2) is 6.98. The van der Waals surface area contributed by atoms with Crippen molar-refractivity contribution in [2.45, 2.75) is 46.0 Å². The van der Waals surface area contributed by atoms with Crippen molar-refractivity contribution in [3.63, 3.8) is 0 Å². The van der Waals surface area contributed by atoms with Gasteiger partial charge >= 0.3 is 0 Å². The van der Waals surface area contributed by atoms with Crippen molar-refractivity contribution in [1.82, 2.24) is 24.6 Å². The summed E-state index contributed by atoms with van der Waals surface area (Å²) < 4.78 is 7.77. The predicted molar refractivity (Wildman–Crippen MR) is 97.2 cm³/mol. The van der Waals surface area contributed by atoms with Gasteiger partial charge in [0.05, 0.1) is 0 Å². The van der Waals surface area contributed by atoms with Crippen LogP contribution in [0.25, 0.3) is 10.9 Å². The van der Waals surface area contributed by atoms with Crippen LogP contribution in [-0.2, 0) is 30.9 Å². The van der Waals surface area contributed by atoms with Gasteiger partial charge in [0, 0.05) is 55.8 Å². The molecule has 25 heavy (non-hydrogen) atoms. The number of rotatable bonds is 5. The van der Waals surface area contributed by atoms with Crippen LogP contribution in [0.4, 0.5) is 0 Å². The van der Waals surface area contributed by atoms with E-state index in [4.69, 9.17) is 4.74 Å². The van der Waals surface area contributed by atoms with Gasteiger partial charge in [-0.15, -0.1) is 10.2 Å². The minimum atomic E-state index is 0.430. The van der Waals surface area contributed by atoms with Gasteiger partial charge in [-0.3, -0.25) is 4.90 Å². The van der Waals surface area contributed by atoms with Gasteiger partial charge in [0.1, 0.15) is 12.4 Å². The molecule has 0 bridgehead atoms. The van der Waals surface area contributed by atoms with Gasteiger partial charge in [0.15, 0.2) is 5.82 Å². The van der Waals surface area contributed by atoms with Crippen LogP contribution >= 0.6 is 0 Å². The quantitative estimate of drug-likeness (QED) is 0.776. The summed E-state index contributed by atoms with van der Waals surface area (Å²) in [5, 5.41) is 10.0. The maximum atomic E-state index is 5.53. The number of hydrogen-bond donors (Lipinski definition) is 1. The zero-order valence-corrected chi connectivity index (χ0v) is 14.9. The fourth-order valence-corrected chi connectivity index (χ4v) is 3.67. The van der Waals surface area contributed by atoms with Gasteiger partial charge in [0.2, 0.25) is 0 Å². The lowest BCUT2D eigenvalue weighted by Gasteiger charge is -2.26. The summed E-state index contributed by atoms with van der Waals surface area (Å²) in [6, 6.07) is 9.09. The van der Waals surface area contributed by atoms with Crippen LogP contribution in [0.5, 0.6) is 0 Å². The van der Waals surface area contributed by atoms with E-state index in [1.807, 2.05) is 13.1 Å². The second-order valence-corrected chi connectivity index (χ2v) is 6.70. The van der Waals surface area contributed by atoms with Crippen LogP contribution in [-0.4, -0.2) is 43.8 Å². The van der Waals surface area contributed by atoms with Gasteiger partial charge < -0.3 is 14.3 Å². The predicted octanol–water partition coefficient (Wildman–Crippen LogP) is 2.74. The Morgan fingerprint density at radius 3 is 3.04 bits per heavy atom. The molecule has 3 heterocycles. The molecule has 0 saturated carbocycles. The molecule has 1 N–H and O–H groups in total. The summed E-state index contributed by atoms with van der Waals surface area (Å²) in [5.41, 5.74) is 2.58. The number of hydrogen-bond acceptors (Lipinski definition) is 4. The summed E-state index contributed by atoms with van der Waals surface area (Å²) in [5.74, 6) is 2.02. The number of benzene rings is 1. The normalized spacial score (nSPS) is 18.4. The van der Waals surface area contributed by atoms with E-state index in [1.165, 1.54) is 16.5 Å². The Morgan fingerprint density at radius 1 is 1.24 bits per heavy atom. The lowest BCUT2D eigenvalue weighted by Crippen LogP contribution is -2.34. The molecule has 0 saturated heterocycles. The molecule has 132 valence electrons. The number of aromatic nitrogens is 4. The Labute approximate surface area is 147 Å². The third kappa shape index (κ3) is 3.19. The number of nitrogens with zero attached hydrogens (tertiary/aromatic N) is 4. The maximum Gasteiger partial charge on any atom is 0.159 e. The zero-order chi connectivity index (χ0) is 17.2. The van der Waals surface area contributed by atoms with Gasteiger partial charge in [-0.25, -0.2) is 0 Å². The highest BCUT2D eigenvalue weighted by Gasteiger charge is 2.24. The molecule has 4 rings (SSSR count). The minimum Gasteiger partial charge on any atom is -0.374 e. The van der Waals surface area contributed by atoms with Crippen molar-refractivity contribution in [3.8, 4) is 0 Å². The van der Waals surface area contributed by atoms with Crippen molar-refractivity contribution < 1.29 is 4.74 Å². The maximum absolute atomic E-state index is 5.53. The first-order valence-electron chi connectivity index (χ1n) is 9.04. The van der Waals surface area contributed by atoms with Crippen LogP contribution in [0.1, 0.15) is 31.1 Å². The van der Waals surface area contributed by atoms with Crippen LogP contribution in [0.2, 0.25) is 0 Å². The molecule has 0 radical (unpaired) electrons. The largest absolute Gasteiger partial charge is 0.374 e. The summed E-state index contributed by atoms with van der Waals surface area (Å²) in [7, 11) is 0. The molecule has 0 unspecified atom stereocenters. The first-order chi connectivity index (χ1) is 12.3. The molecule has 1 aliphatic heterocycles. The summed E-state index contributed by atoms with van der Waals surface area (Å²) in [6.45, 7) is 8.39. The van der Waals surface area contributed by atoms with Gasteiger partial charge in [-0.05, 0) is 31.5 Å². The number of nitrogens with one attached hydrogen (secondary N) is 1. The second-order valence-electron chi connectivity index (χ2n) is 6.70. The highest BCUT2D eigenvalue weighted by atomic mass is 16.5. The molecule has 6 heteroatoms. The third-order valence-corrected chi connectivity index (χ3v) is 5.11. The van der Waals surface area contributed by atoms with Crippen molar-refractivity contribution >= 4 is 10.9 Å². The summed E-state index contributed by atoms with van der Waals surface area (Å²) in [6.07, 6.45) is 2.93. The van der Waals surface area contributed by atoms with E-state index >= 15 is 0 Å². The first-order valence-corrected chi connectivity index (χ1v) is 9.04. The van der Waals surface area contributed by atoms with E-state index in [9.17, 15) is 0 Å². The molecule has 3 aromatic rings. The van der Waals surface area contributed by atoms with Crippen molar-refractivity contribution in [1.29, 1.82) is 0 Å². The third-order valence-electron chi connectivity index (χ3n) is 5.11. The lowest BCUT2D eigenvalue weighted by atomic mass is 10.1. The van der Waals surface area contributed by atoms with Gasteiger partial charge in [-0.1, -0.05) is 12.1 Å². The average Bonchev–Trinajstić information content (AvgIpc) is 3.21. The zero-order valence-electron chi connectivity index (χ0n) is 14.9. The molecule has 1 atom stereocenters. The molecule has 0 spiro atoms. The summed E-state index contributed by atoms with van der Waals surface area (Å²) >= 11 is 0. The van der Waals surface area contributed by atoms with E-state index in [1.54, 1.807) is 0 Å². The molecule has 0 fully saturated rings. The Hall–Kier alpha value is -2.18. The van der Waals surface area contributed by atoms with Crippen LogP contribution < -0.4 is 0 Å². The van der Waals surface area contributed by atoms with E-state index in [-0.39, 0.29) is 0 Å². The molecule has 1 aliphatic rings. The number of aromatic amines is 1. The molecule has 1 aromatic carbocycles. The molecular formula is C19H25N5O. The topological polar surface area (TPSA) is 59.0 Å². The SMILES string of the molecule is CCOCc1nnc2n1CCN(Cc1cccc3[nH]ccc13)[C@H](C)C2. The molecule has 0 amide bonds. The van der Waals surface area contributed by atoms with Crippen molar-refractivity contribution in [3.05, 3.63) is 47.7 Å². The van der Waals surface area contributed by atoms with Gasteiger partial charge in [-0.2, -0.15) is 0 Å². The molecule has 2 aromatic heterocycles. The lowest BCUT2D eigenvalue weighted by molar-refractivity contribution is 0.124. The van der Waals surface area contributed by atoms with Crippen LogP contribution in [0, 0.1) is 0 Å². The Morgan fingerprint density at radius 2 is 2.16 bits per heavy atom. The van der Waals surface area contributed by atoms with Crippen LogP contribution in [0.15, 0.2) is 30.5 Å².